The zero-order chi connectivity index (χ0) is 4.99. The molecule has 0 aromatic rings. The van der Waals surface area contributed by atoms with Crippen LogP contribution in [0.3, 0.4) is 0 Å². The standard InChI is InChI=1S/C3H9BO2/c4-2-1-3(5)6/h3,5-6H,1-2,4H2. The van der Waals surface area contributed by atoms with E-state index in [4.69, 9.17) is 10.2 Å². The second-order valence-electron chi connectivity index (χ2n) is 1.27. The number of hydrogen-bond acceptors (Lipinski definition) is 2. The maximum atomic E-state index is 8.11. The van der Waals surface area contributed by atoms with Crippen LogP contribution in [0.4, 0.5) is 0 Å². The lowest BCUT2D eigenvalue weighted by molar-refractivity contribution is -0.0411. The highest BCUT2D eigenvalue weighted by Gasteiger charge is 1.89. The molecule has 0 saturated heterocycles. The van der Waals surface area contributed by atoms with Crippen LogP contribution in [0.5, 0.6) is 0 Å². The van der Waals surface area contributed by atoms with E-state index in [1.807, 2.05) is 7.85 Å². The Bertz CT molecular complexity index is 30.0. The van der Waals surface area contributed by atoms with Gasteiger partial charge in [-0.15, -0.1) is 0 Å². The van der Waals surface area contributed by atoms with E-state index >= 15 is 0 Å². The molecule has 2 N–H and O–H groups in total. The molecule has 0 aliphatic carbocycles. The summed E-state index contributed by atoms with van der Waals surface area (Å²) >= 11 is 0. The van der Waals surface area contributed by atoms with Gasteiger partial charge in [-0.1, -0.05) is 6.32 Å². The van der Waals surface area contributed by atoms with Crippen LogP contribution in [0.2, 0.25) is 6.32 Å². The predicted octanol–water partition coefficient (Wildman–Crippen LogP) is -1.26. The molecule has 0 atom stereocenters. The van der Waals surface area contributed by atoms with Gasteiger partial charge in [-0.3, -0.25) is 0 Å². The summed E-state index contributed by atoms with van der Waals surface area (Å²) in [4.78, 5) is 0. The molecule has 6 heavy (non-hydrogen) atoms. The van der Waals surface area contributed by atoms with Crippen LogP contribution in [-0.4, -0.2) is 24.3 Å². The third kappa shape index (κ3) is 3.98. The van der Waals surface area contributed by atoms with Crippen molar-refractivity contribution in [2.75, 3.05) is 0 Å². The smallest absolute Gasteiger partial charge is 0.150 e. The molecule has 0 aliphatic rings. The van der Waals surface area contributed by atoms with Gasteiger partial charge in [0.15, 0.2) is 6.29 Å². The molecule has 2 nitrogen and oxygen atoms in total. The normalized spacial score (nSPS) is 9.83. The van der Waals surface area contributed by atoms with Crippen LogP contribution in [0.25, 0.3) is 0 Å². The molecule has 0 bridgehead atoms. The van der Waals surface area contributed by atoms with Gasteiger partial charge in [0, 0.05) is 0 Å². The van der Waals surface area contributed by atoms with Crippen molar-refractivity contribution in [3.05, 3.63) is 0 Å². The molecule has 0 amide bonds. The molecule has 0 spiro atoms. The number of rotatable bonds is 2. The monoisotopic (exact) mass is 88.1 g/mol. The molecular weight excluding hydrogens is 78.8 g/mol. The fraction of sp³-hybridized carbons (Fsp3) is 1.00. The number of hydrogen-bond donors (Lipinski definition) is 2. The van der Waals surface area contributed by atoms with Gasteiger partial charge in [-0.05, 0) is 6.42 Å². The first-order valence-corrected chi connectivity index (χ1v) is 2.13. The second-order valence-corrected chi connectivity index (χ2v) is 1.27. The Morgan fingerprint density at radius 2 is 2.00 bits per heavy atom. The fourth-order valence-corrected chi connectivity index (χ4v) is 0.258. The largest absolute Gasteiger partial charge is 0.368 e. The van der Waals surface area contributed by atoms with Crippen molar-refractivity contribution in [2.45, 2.75) is 19.0 Å². The van der Waals surface area contributed by atoms with Crippen molar-refractivity contribution in [3.63, 3.8) is 0 Å². The van der Waals surface area contributed by atoms with Gasteiger partial charge in [0.1, 0.15) is 7.85 Å². The van der Waals surface area contributed by atoms with E-state index in [1.54, 1.807) is 0 Å². The van der Waals surface area contributed by atoms with Crippen molar-refractivity contribution in [3.8, 4) is 0 Å². The summed E-state index contributed by atoms with van der Waals surface area (Å²) in [5.74, 6) is 0. The van der Waals surface area contributed by atoms with Crippen LogP contribution in [0.15, 0.2) is 0 Å². The maximum Gasteiger partial charge on any atom is 0.150 e. The summed E-state index contributed by atoms with van der Waals surface area (Å²) < 4.78 is 0. The van der Waals surface area contributed by atoms with Crippen molar-refractivity contribution in [2.24, 2.45) is 0 Å². The molecule has 3 heteroatoms. The first kappa shape index (κ1) is 5.98. The number of aliphatic hydroxyl groups excluding tert-OH is 1. The van der Waals surface area contributed by atoms with Crippen LogP contribution >= 0.6 is 0 Å². The molecule has 0 aromatic heterocycles. The first-order valence-electron chi connectivity index (χ1n) is 2.13. The molecule has 36 valence electrons. The van der Waals surface area contributed by atoms with Crippen LogP contribution in [0, 0.1) is 0 Å². The molecular formula is C3H9BO2. The Kier molecular flexibility index (Phi) is 3.18. The summed E-state index contributed by atoms with van der Waals surface area (Å²) in [6.45, 7) is 0. The van der Waals surface area contributed by atoms with Gasteiger partial charge in [0.05, 0.1) is 0 Å². The fourth-order valence-electron chi connectivity index (χ4n) is 0.258. The highest BCUT2D eigenvalue weighted by molar-refractivity contribution is 6.08. The van der Waals surface area contributed by atoms with E-state index in [0.29, 0.717) is 6.42 Å². The molecule has 0 heterocycles. The predicted molar refractivity (Wildman–Crippen MR) is 26.2 cm³/mol. The minimum Gasteiger partial charge on any atom is -0.368 e. The highest BCUT2D eigenvalue weighted by atomic mass is 16.5. The SMILES string of the molecule is BCCC(O)O. The minimum absolute atomic E-state index is 0.486. The lowest BCUT2D eigenvalue weighted by Crippen LogP contribution is -2.01. The molecule has 0 fully saturated rings. The third-order valence-electron chi connectivity index (χ3n) is 0.547. The number of aliphatic hydroxyl groups is 2. The van der Waals surface area contributed by atoms with E-state index < -0.39 is 6.29 Å². The summed E-state index contributed by atoms with van der Waals surface area (Å²) in [5, 5.41) is 16.2. The average molecular weight is 87.9 g/mol. The Morgan fingerprint density at radius 1 is 1.50 bits per heavy atom. The van der Waals surface area contributed by atoms with Crippen LogP contribution in [0.1, 0.15) is 6.42 Å². The van der Waals surface area contributed by atoms with Crippen molar-refractivity contribution >= 4 is 7.85 Å². The maximum absolute atomic E-state index is 8.11. The zero-order valence-corrected chi connectivity index (χ0v) is 3.89. The van der Waals surface area contributed by atoms with E-state index in [2.05, 4.69) is 0 Å². The Morgan fingerprint density at radius 3 is 2.00 bits per heavy atom. The molecule has 0 rings (SSSR count). The first-order chi connectivity index (χ1) is 2.77. The minimum atomic E-state index is -1.10. The van der Waals surface area contributed by atoms with Crippen molar-refractivity contribution < 1.29 is 10.2 Å². The summed E-state index contributed by atoms with van der Waals surface area (Å²) in [7, 11) is 1.90. The lowest BCUT2D eigenvalue weighted by atomic mass is 10.0. The van der Waals surface area contributed by atoms with Crippen LogP contribution < -0.4 is 0 Å². The quantitative estimate of drug-likeness (QED) is 0.326. The molecule has 0 aliphatic heterocycles. The topological polar surface area (TPSA) is 40.5 Å². The van der Waals surface area contributed by atoms with Gasteiger partial charge in [-0.2, -0.15) is 0 Å². The summed E-state index contributed by atoms with van der Waals surface area (Å²) in [5.41, 5.74) is 0. The van der Waals surface area contributed by atoms with Crippen molar-refractivity contribution in [1.82, 2.24) is 0 Å². The summed E-state index contributed by atoms with van der Waals surface area (Å²) in [6.07, 6.45) is 0.215. The zero-order valence-electron chi connectivity index (χ0n) is 3.89. The molecule has 0 radical (unpaired) electrons. The van der Waals surface area contributed by atoms with E-state index in [9.17, 15) is 0 Å². The van der Waals surface area contributed by atoms with E-state index in [-0.39, 0.29) is 0 Å². The molecule has 0 aromatic carbocycles. The Hall–Kier alpha value is -0.0151. The second kappa shape index (κ2) is 3.19. The van der Waals surface area contributed by atoms with E-state index in [0.717, 1.165) is 6.32 Å². The lowest BCUT2D eigenvalue weighted by Gasteiger charge is -1.94. The van der Waals surface area contributed by atoms with E-state index in [1.165, 1.54) is 0 Å². The van der Waals surface area contributed by atoms with Gasteiger partial charge in [0.25, 0.3) is 0 Å². The highest BCUT2D eigenvalue weighted by Crippen LogP contribution is 1.86. The van der Waals surface area contributed by atoms with Crippen LogP contribution in [-0.2, 0) is 0 Å². The average Bonchev–Trinajstić information content (AvgIpc) is 1.35. The Balaban J connectivity index is 2.63. The Labute approximate surface area is 38.2 Å². The molecule has 0 unspecified atom stereocenters. The van der Waals surface area contributed by atoms with Gasteiger partial charge in [-0.25, -0.2) is 0 Å². The molecule has 0 saturated carbocycles. The van der Waals surface area contributed by atoms with Crippen molar-refractivity contribution in [1.29, 1.82) is 0 Å². The van der Waals surface area contributed by atoms with Gasteiger partial charge >= 0.3 is 0 Å². The third-order valence-corrected chi connectivity index (χ3v) is 0.547. The summed E-state index contributed by atoms with van der Waals surface area (Å²) in [6, 6.07) is 0. The van der Waals surface area contributed by atoms with Gasteiger partial charge in [0.2, 0.25) is 0 Å². The van der Waals surface area contributed by atoms with Gasteiger partial charge < -0.3 is 10.2 Å².